The predicted molar refractivity (Wildman–Crippen MR) is 69.4 cm³/mol. The lowest BCUT2D eigenvalue weighted by Gasteiger charge is -2.06. The van der Waals surface area contributed by atoms with E-state index in [0.29, 0.717) is 17.1 Å². The molecule has 0 aliphatic heterocycles. The molecule has 19 heavy (non-hydrogen) atoms. The minimum Gasteiger partial charge on any atom is -0.497 e. The van der Waals surface area contributed by atoms with E-state index in [1.807, 2.05) is 0 Å². The molecule has 2 aromatic rings. The highest BCUT2D eigenvalue weighted by Gasteiger charge is 2.15. The summed E-state index contributed by atoms with van der Waals surface area (Å²) in [4.78, 5) is 12.2. The Morgan fingerprint density at radius 3 is 2.11 bits per heavy atom. The minimum atomic E-state index is -0.568. The van der Waals surface area contributed by atoms with Crippen molar-refractivity contribution in [1.82, 2.24) is 0 Å². The lowest BCUT2D eigenvalue weighted by molar-refractivity contribution is 0.103. The lowest BCUT2D eigenvalue weighted by atomic mass is 10.0. The maximum Gasteiger partial charge on any atom is 0.196 e. The third kappa shape index (κ3) is 2.73. The van der Waals surface area contributed by atoms with E-state index >= 15 is 0 Å². The van der Waals surface area contributed by atoms with Crippen molar-refractivity contribution in [3.8, 4) is 11.5 Å². The van der Waals surface area contributed by atoms with Crippen molar-refractivity contribution in [3.63, 3.8) is 0 Å². The van der Waals surface area contributed by atoms with Crippen LogP contribution in [-0.2, 0) is 0 Å². The first-order chi connectivity index (χ1) is 9.15. The van der Waals surface area contributed by atoms with Gasteiger partial charge in [0.1, 0.15) is 17.3 Å². The fraction of sp³-hybridized carbons (Fsp3) is 0.133. The number of hydrogen-bond acceptors (Lipinski definition) is 3. The van der Waals surface area contributed by atoms with Crippen molar-refractivity contribution < 1.29 is 18.7 Å². The Bertz CT molecular complexity index is 591. The molecule has 0 aromatic heterocycles. The second-order valence-electron chi connectivity index (χ2n) is 3.90. The van der Waals surface area contributed by atoms with Crippen LogP contribution in [0.25, 0.3) is 0 Å². The standard InChI is InChI=1S/C15H13FO3/c1-18-11-5-3-10(4-6-11)15(17)13-9-12(19-2)7-8-14(13)16/h3-9H,1-2H3. The molecule has 0 spiro atoms. The number of carbonyl (C=O) groups excluding carboxylic acids is 1. The summed E-state index contributed by atoms with van der Waals surface area (Å²) in [5.74, 6) is 0.126. The Kier molecular flexibility index (Phi) is 3.80. The second kappa shape index (κ2) is 5.52. The second-order valence-corrected chi connectivity index (χ2v) is 3.90. The summed E-state index contributed by atoms with van der Waals surface area (Å²) in [6.07, 6.45) is 0. The average molecular weight is 260 g/mol. The zero-order chi connectivity index (χ0) is 13.8. The zero-order valence-corrected chi connectivity index (χ0v) is 10.6. The monoisotopic (exact) mass is 260 g/mol. The summed E-state index contributed by atoms with van der Waals surface area (Å²) in [6, 6.07) is 10.6. The van der Waals surface area contributed by atoms with Gasteiger partial charge in [0, 0.05) is 5.56 Å². The number of ether oxygens (including phenoxy) is 2. The van der Waals surface area contributed by atoms with Crippen molar-refractivity contribution in [3.05, 3.63) is 59.4 Å². The smallest absolute Gasteiger partial charge is 0.196 e. The van der Waals surface area contributed by atoms with Crippen LogP contribution in [-0.4, -0.2) is 20.0 Å². The molecule has 0 unspecified atom stereocenters. The lowest BCUT2D eigenvalue weighted by Crippen LogP contribution is -2.04. The predicted octanol–water partition coefficient (Wildman–Crippen LogP) is 3.07. The van der Waals surface area contributed by atoms with Gasteiger partial charge in [-0.3, -0.25) is 4.79 Å². The first kappa shape index (κ1) is 13.1. The highest BCUT2D eigenvalue weighted by atomic mass is 19.1. The molecule has 0 saturated carbocycles. The molecule has 0 saturated heterocycles. The number of methoxy groups -OCH3 is 2. The molecule has 0 fully saturated rings. The Labute approximate surface area is 110 Å². The van der Waals surface area contributed by atoms with Crippen molar-refractivity contribution in [2.45, 2.75) is 0 Å². The SMILES string of the molecule is COc1ccc(C(=O)c2cc(OC)ccc2F)cc1. The maximum absolute atomic E-state index is 13.7. The van der Waals surface area contributed by atoms with Gasteiger partial charge in [-0.25, -0.2) is 4.39 Å². The van der Waals surface area contributed by atoms with Gasteiger partial charge in [0.25, 0.3) is 0 Å². The van der Waals surface area contributed by atoms with E-state index in [9.17, 15) is 9.18 Å². The molecule has 0 bridgehead atoms. The molecule has 0 N–H and O–H groups in total. The summed E-state index contributed by atoms with van der Waals surface area (Å²) in [6.45, 7) is 0. The van der Waals surface area contributed by atoms with Crippen LogP contribution in [0.15, 0.2) is 42.5 Å². The average Bonchev–Trinajstić information content (AvgIpc) is 2.47. The number of ketones is 1. The van der Waals surface area contributed by atoms with Gasteiger partial charge in [0.2, 0.25) is 0 Å². The summed E-state index contributed by atoms with van der Waals surface area (Å²) in [7, 11) is 3.01. The first-order valence-electron chi connectivity index (χ1n) is 5.68. The van der Waals surface area contributed by atoms with Crippen molar-refractivity contribution in [2.75, 3.05) is 14.2 Å². The number of carbonyl (C=O) groups is 1. The van der Waals surface area contributed by atoms with Gasteiger partial charge in [0.05, 0.1) is 19.8 Å². The van der Waals surface area contributed by atoms with E-state index in [1.54, 1.807) is 31.4 Å². The van der Waals surface area contributed by atoms with Gasteiger partial charge < -0.3 is 9.47 Å². The quantitative estimate of drug-likeness (QED) is 0.792. The summed E-state index contributed by atoms with van der Waals surface area (Å²) in [5, 5.41) is 0. The maximum atomic E-state index is 13.7. The molecular formula is C15H13FO3. The molecule has 0 aliphatic rings. The number of benzene rings is 2. The molecule has 0 aliphatic carbocycles. The topological polar surface area (TPSA) is 35.5 Å². The molecule has 3 nitrogen and oxygen atoms in total. The molecule has 2 rings (SSSR count). The highest BCUT2D eigenvalue weighted by Crippen LogP contribution is 2.21. The van der Waals surface area contributed by atoms with Crippen molar-refractivity contribution >= 4 is 5.78 Å². The van der Waals surface area contributed by atoms with Crippen LogP contribution in [0.4, 0.5) is 4.39 Å². The highest BCUT2D eigenvalue weighted by molar-refractivity contribution is 6.09. The van der Waals surface area contributed by atoms with E-state index in [2.05, 4.69) is 0 Å². The van der Waals surface area contributed by atoms with Gasteiger partial charge >= 0.3 is 0 Å². The van der Waals surface area contributed by atoms with Crippen LogP contribution in [0.5, 0.6) is 11.5 Å². The fourth-order valence-electron chi connectivity index (χ4n) is 1.70. The van der Waals surface area contributed by atoms with Crippen LogP contribution in [0.2, 0.25) is 0 Å². The Morgan fingerprint density at radius 2 is 1.53 bits per heavy atom. The Hall–Kier alpha value is -2.36. The van der Waals surface area contributed by atoms with Crippen LogP contribution < -0.4 is 9.47 Å². The van der Waals surface area contributed by atoms with Gasteiger partial charge in [-0.2, -0.15) is 0 Å². The largest absolute Gasteiger partial charge is 0.497 e. The van der Waals surface area contributed by atoms with Crippen LogP contribution in [0.1, 0.15) is 15.9 Å². The third-order valence-corrected chi connectivity index (χ3v) is 2.77. The minimum absolute atomic E-state index is 0.00971. The molecule has 2 aromatic carbocycles. The molecular weight excluding hydrogens is 247 g/mol. The first-order valence-corrected chi connectivity index (χ1v) is 5.68. The Morgan fingerprint density at radius 1 is 0.947 bits per heavy atom. The summed E-state index contributed by atoms with van der Waals surface area (Å²) in [5.41, 5.74) is 0.387. The van der Waals surface area contributed by atoms with E-state index in [1.165, 1.54) is 25.3 Å². The van der Waals surface area contributed by atoms with Gasteiger partial charge in [-0.15, -0.1) is 0 Å². The molecule has 0 radical (unpaired) electrons. The number of halogens is 1. The number of hydrogen-bond donors (Lipinski definition) is 0. The van der Waals surface area contributed by atoms with Gasteiger partial charge in [-0.1, -0.05) is 0 Å². The van der Waals surface area contributed by atoms with Crippen LogP contribution in [0.3, 0.4) is 0 Å². The normalized spacial score (nSPS) is 10.1. The summed E-state index contributed by atoms with van der Waals surface area (Å²) >= 11 is 0. The van der Waals surface area contributed by atoms with Crippen molar-refractivity contribution in [1.29, 1.82) is 0 Å². The fourth-order valence-corrected chi connectivity index (χ4v) is 1.70. The third-order valence-electron chi connectivity index (χ3n) is 2.77. The molecule has 98 valence electrons. The van der Waals surface area contributed by atoms with Crippen LogP contribution >= 0.6 is 0 Å². The van der Waals surface area contributed by atoms with E-state index in [-0.39, 0.29) is 11.3 Å². The molecule has 0 amide bonds. The van der Waals surface area contributed by atoms with Crippen LogP contribution in [0, 0.1) is 5.82 Å². The van der Waals surface area contributed by atoms with E-state index in [0.717, 1.165) is 0 Å². The zero-order valence-electron chi connectivity index (χ0n) is 10.6. The van der Waals surface area contributed by atoms with Crippen molar-refractivity contribution in [2.24, 2.45) is 0 Å². The van der Waals surface area contributed by atoms with Gasteiger partial charge in [0.15, 0.2) is 5.78 Å². The van der Waals surface area contributed by atoms with E-state index < -0.39 is 5.82 Å². The Balaban J connectivity index is 2.37. The summed E-state index contributed by atoms with van der Waals surface area (Å²) < 4.78 is 23.7. The molecule has 4 heteroatoms. The molecule has 0 heterocycles. The van der Waals surface area contributed by atoms with E-state index in [4.69, 9.17) is 9.47 Å². The number of rotatable bonds is 4. The molecule has 0 atom stereocenters. The van der Waals surface area contributed by atoms with Gasteiger partial charge in [-0.05, 0) is 42.5 Å².